The molecule has 2 aliphatic rings. The molecule has 1 unspecified atom stereocenters. The Bertz CT molecular complexity index is 413. The summed E-state index contributed by atoms with van der Waals surface area (Å²) < 4.78 is 5.67. The molecule has 0 spiro atoms. The maximum Gasteiger partial charge on any atom is 0.0576 e. The van der Waals surface area contributed by atoms with E-state index in [9.17, 15) is 0 Å². The predicted octanol–water partition coefficient (Wildman–Crippen LogP) is 2.59. The molecule has 3 rings (SSSR count). The van der Waals surface area contributed by atoms with E-state index in [0.717, 1.165) is 31.8 Å². The van der Waals surface area contributed by atoms with Crippen molar-refractivity contribution in [1.29, 1.82) is 0 Å². The zero-order valence-electron chi connectivity index (χ0n) is 10.9. The number of benzene rings is 1. The quantitative estimate of drug-likeness (QED) is 0.830. The summed E-state index contributed by atoms with van der Waals surface area (Å²) in [6.45, 7) is 3.24. The van der Waals surface area contributed by atoms with E-state index in [1.807, 2.05) is 6.07 Å². The van der Waals surface area contributed by atoms with Gasteiger partial charge in [-0.15, -0.1) is 0 Å². The van der Waals surface area contributed by atoms with Gasteiger partial charge in [0.1, 0.15) is 0 Å². The molecule has 0 bridgehead atoms. The van der Waals surface area contributed by atoms with E-state index in [4.69, 9.17) is 10.5 Å². The maximum absolute atomic E-state index is 5.87. The zero-order valence-corrected chi connectivity index (χ0v) is 10.9. The second-order valence-electron chi connectivity index (χ2n) is 5.40. The highest BCUT2D eigenvalue weighted by Crippen LogP contribution is 2.30. The molecule has 2 heterocycles. The highest BCUT2D eigenvalue weighted by molar-refractivity contribution is 5.64. The first-order valence-electron chi connectivity index (χ1n) is 7.08. The van der Waals surface area contributed by atoms with Crippen molar-refractivity contribution in [2.24, 2.45) is 0 Å². The van der Waals surface area contributed by atoms with Crippen LogP contribution in [0.5, 0.6) is 0 Å². The monoisotopic (exact) mass is 246 g/mol. The van der Waals surface area contributed by atoms with Gasteiger partial charge in [-0.05, 0) is 49.8 Å². The number of nitrogens with zero attached hydrogens (tertiary/aromatic N) is 1. The van der Waals surface area contributed by atoms with Crippen LogP contribution in [0, 0.1) is 0 Å². The highest BCUT2D eigenvalue weighted by Gasteiger charge is 2.20. The molecule has 1 fully saturated rings. The van der Waals surface area contributed by atoms with Crippen LogP contribution in [0.25, 0.3) is 0 Å². The average Bonchev–Trinajstić information content (AvgIpc) is 2.99. The van der Waals surface area contributed by atoms with Crippen LogP contribution >= 0.6 is 0 Å². The molecule has 0 saturated carbocycles. The maximum atomic E-state index is 5.87. The molecule has 0 aromatic heterocycles. The van der Waals surface area contributed by atoms with Gasteiger partial charge in [-0.1, -0.05) is 6.07 Å². The first-order chi connectivity index (χ1) is 8.83. The van der Waals surface area contributed by atoms with Gasteiger partial charge >= 0.3 is 0 Å². The molecule has 2 aliphatic heterocycles. The summed E-state index contributed by atoms with van der Waals surface area (Å²) in [5.74, 6) is 0. The van der Waals surface area contributed by atoms with E-state index >= 15 is 0 Å². The molecular formula is C15H22N2O. The molecule has 2 N–H and O–H groups in total. The Balaban J connectivity index is 1.54. The van der Waals surface area contributed by atoms with Crippen molar-refractivity contribution in [3.05, 3.63) is 23.8 Å². The second kappa shape index (κ2) is 5.19. The van der Waals surface area contributed by atoms with Crippen LogP contribution < -0.4 is 10.6 Å². The molecule has 3 nitrogen and oxygen atoms in total. The lowest BCUT2D eigenvalue weighted by atomic mass is 10.1. The third-order valence-electron chi connectivity index (χ3n) is 4.08. The molecule has 1 aromatic rings. The van der Waals surface area contributed by atoms with Crippen LogP contribution in [0.4, 0.5) is 11.4 Å². The molecule has 0 amide bonds. The molecule has 1 saturated heterocycles. The lowest BCUT2D eigenvalue weighted by molar-refractivity contribution is 0.103. The molecule has 0 radical (unpaired) electrons. The van der Waals surface area contributed by atoms with Crippen LogP contribution in [0.1, 0.15) is 31.2 Å². The van der Waals surface area contributed by atoms with E-state index in [1.54, 1.807) is 0 Å². The molecule has 0 aliphatic carbocycles. The number of hydrogen-bond acceptors (Lipinski definition) is 3. The number of rotatable bonds is 4. The summed E-state index contributed by atoms with van der Waals surface area (Å²) in [6.07, 6.45) is 6.60. The number of nitrogens with two attached hydrogens (primary N) is 1. The Morgan fingerprint density at radius 2 is 2.33 bits per heavy atom. The predicted molar refractivity (Wildman–Crippen MR) is 75.0 cm³/mol. The average molecular weight is 246 g/mol. The van der Waals surface area contributed by atoms with Gasteiger partial charge in [0.2, 0.25) is 0 Å². The Morgan fingerprint density at radius 1 is 1.39 bits per heavy atom. The Kier molecular flexibility index (Phi) is 3.41. The topological polar surface area (TPSA) is 38.5 Å². The summed E-state index contributed by atoms with van der Waals surface area (Å²) in [6, 6.07) is 6.30. The van der Waals surface area contributed by atoms with E-state index in [0.29, 0.717) is 6.10 Å². The lowest BCUT2D eigenvalue weighted by Crippen LogP contribution is -2.22. The van der Waals surface area contributed by atoms with Crippen LogP contribution in [-0.4, -0.2) is 25.8 Å². The van der Waals surface area contributed by atoms with Crippen molar-refractivity contribution in [3.8, 4) is 0 Å². The van der Waals surface area contributed by atoms with E-state index in [1.165, 1.54) is 36.9 Å². The Morgan fingerprint density at radius 3 is 3.17 bits per heavy atom. The number of anilines is 2. The summed E-state index contributed by atoms with van der Waals surface area (Å²) in [4.78, 5) is 2.47. The van der Waals surface area contributed by atoms with Gasteiger partial charge in [0.15, 0.2) is 0 Å². The third kappa shape index (κ3) is 2.46. The molecule has 1 aromatic carbocycles. The van der Waals surface area contributed by atoms with Crippen LogP contribution in [0.15, 0.2) is 18.2 Å². The minimum Gasteiger partial charge on any atom is -0.399 e. The van der Waals surface area contributed by atoms with Crippen molar-refractivity contribution < 1.29 is 4.74 Å². The standard InChI is InChI=1S/C15H22N2O/c16-13-6-5-12-7-9-17(15(12)11-13)8-1-3-14-4-2-10-18-14/h5-6,11,14H,1-4,7-10,16H2. The minimum absolute atomic E-state index is 0.521. The SMILES string of the molecule is Nc1ccc2c(c1)N(CCCC1CCCO1)CC2. The first kappa shape index (κ1) is 11.8. The van der Waals surface area contributed by atoms with Gasteiger partial charge in [-0.3, -0.25) is 0 Å². The fourth-order valence-corrected chi connectivity index (χ4v) is 3.08. The third-order valence-corrected chi connectivity index (χ3v) is 4.08. The number of nitrogen functional groups attached to an aromatic ring is 1. The van der Waals surface area contributed by atoms with Crippen LogP contribution in [0.3, 0.4) is 0 Å². The summed E-state index contributed by atoms with van der Waals surface area (Å²) >= 11 is 0. The van der Waals surface area contributed by atoms with Gasteiger partial charge in [0.05, 0.1) is 6.10 Å². The molecule has 3 heteroatoms. The number of ether oxygens (including phenoxy) is 1. The summed E-state index contributed by atoms with van der Waals surface area (Å²) in [7, 11) is 0. The van der Waals surface area contributed by atoms with Gasteiger partial charge in [0.25, 0.3) is 0 Å². The van der Waals surface area contributed by atoms with Crippen molar-refractivity contribution in [1.82, 2.24) is 0 Å². The normalized spacial score (nSPS) is 22.4. The van der Waals surface area contributed by atoms with Crippen molar-refractivity contribution in [3.63, 3.8) is 0 Å². The van der Waals surface area contributed by atoms with Gasteiger partial charge in [0, 0.05) is 31.1 Å². The van der Waals surface area contributed by atoms with Crippen LogP contribution in [0.2, 0.25) is 0 Å². The second-order valence-corrected chi connectivity index (χ2v) is 5.40. The van der Waals surface area contributed by atoms with Gasteiger partial charge in [-0.2, -0.15) is 0 Å². The largest absolute Gasteiger partial charge is 0.399 e. The first-order valence-corrected chi connectivity index (χ1v) is 7.08. The Hall–Kier alpha value is -1.22. The fraction of sp³-hybridized carbons (Fsp3) is 0.600. The summed E-state index contributed by atoms with van der Waals surface area (Å²) in [5.41, 5.74) is 9.54. The fourth-order valence-electron chi connectivity index (χ4n) is 3.08. The van der Waals surface area contributed by atoms with Crippen molar-refractivity contribution in [2.45, 2.75) is 38.2 Å². The summed E-state index contributed by atoms with van der Waals surface area (Å²) in [5, 5.41) is 0. The number of hydrogen-bond donors (Lipinski definition) is 1. The number of fused-ring (bicyclic) bond motifs is 1. The highest BCUT2D eigenvalue weighted by atomic mass is 16.5. The van der Waals surface area contributed by atoms with Gasteiger partial charge < -0.3 is 15.4 Å². The smallest absolute Gasteiger partial charge is 0.0576 e. The van der Waals surface area contributed by atoms with Gasteiger partial charge in [-0.25, -0.2) is 0 Å². The van der Waals surface area contributed by atoms with Crippen molar-refractivity contribution >= 4 is 11.4 Å². The Labute approximate surface area is 109 Å². The lowest BCUT2D eigenvalue weighted by Gasteiger charge is -2.20. The molecule has 18 heavy (non-hydrogen) atoms. The van der Waals surface area contributed by atoms with Crippen LogP contribution in [-0.2, 0) is 11.2 Å². The van der Waals surface area contributed by atoms with Crippen molar-refractivity contribution in [2.75, 3.05) is 30.3 Å². The molecule has 1 atom stereocenters. The molecular weight excluding hydrogens is 224 g/mol. The van der Waals surface area contributed by atoms with E-state index in [-0.39, 0.29) is 0 Å². The zero-order chi connectivity index (χ0) is 12.4. The molecule has 98 valence electrons. The minimum atomic E-state index is 0.521. The van der Waals surface area contributed by atoms with E-state index < -0.39 is 0 Å². The van der Waals surface area contributed by atoms with E-state index in [2.05, 4.69) is 17.0 Å².